The summed E-state index contributed by atoms with van der Waals surface area (Å²) in [4.78, 5) is 0. The number of unbranched alkanes of at least 4 members (excludes halogenated alkanes) is 1. The molecule has 3 aromatic carbocycles. The quantitative estimate of drug-likeness (QED) is 0.146. The van der Waals surface area contributed by atoms with Crippen molar-refractivity contribution in [1.29, 1.82) is 0 Å². The molecule has 6 fully saturated rings. The summed E-state index contributed by atoms with van der Waals surface area (Å²) in [5, 5.41) is 0. The minimum Gasteiger partial charge on any atom is -0.490 e. The molecule has 0 atom stereocenters. The molecule has 348 valence electrons. The fraction of sp³-hybridized carbons (Fsp3) is 0.679. The van der Waals surface area contributed by atoms with Crippen LogP contribution in [0.25, 0.3) is 0 Å². The van der Waals surface area contributed by atoms with Crippen LogP contribution in [0.5, 0.6) is 5.75 Å². The van der Waals surface area contributed by atoms with Crippen LogP contribution in [-0.2, 0) is 0 Å². The summed E-state index contributed by atoms with van der Waals surface area (Å²) in [5.74, 6) is 1.91. The van der Waals surface area contributed by atoms with E-state index in [1.165, 1.54) is 109 Å². The van der Waals surface area contributed by atoms with Gasteiger partial charge in [-0.05, 0) is 184 Å². The van der Waals surface area contributed by atoms with Gasteiger partial charge in [0.25, 0.3) is 0 Å². The Morgan fingerprint density at radius 2 is 0.698 bits per heavy atom. The number of ether oxygens (including phenoxy) is 1. The summed E-state index contributed by atoms with van der Waals surface area (Å²) < 4.78 is 89.5. The van der Waals surface area contributed by atoms with Gasteiger partial charge < -0.3 is 4.74 Å². The molecule has 0 saturated heterocycles. The number of aryl methyl sites for hydroxylation is 2. The van der Waals surface area contributed by atoms with E-state index in [4.69, 9.17) is 4.74 Å². The average Bonchev–Trinajstić information content (AvgIpc) is 4.04. The molecule has 3 aromatic rings. The molecule has 6 aliphatic carbocycles. The molecular formula is C56H76F6O. The number of hydrogen-bond acceptors (Lipinski definition) is 1. The summed E-state index contributed by atoms with van der Waals surface area (Å²) in [6, 6.07) is 10.4. The lowest BCUT2D eigenvalue weighted by molar-refractivity contribution is 0.153. The van der Waals surface area contributed by atoms with E-state index in [0.29, 0.717) is 34.4 Å². The maximum absolute atomic E-state index is 14.5. The van der Waals surface area contributed by atoms with Gasteiger partial charge >= 0.3 is 0 Å². The molecule has 6 saturated carbocycles. The van der Waals surface area contributed by atoms with Gasteiger partial charge in [-0.1, -0.05) is 114 Å². The van der Waals surface area contributed by atoms with Crippen LogP contribution < -0.4 is 4.74 Å². The topological polar surface area (TPSA) is 9.23 Å². The van der Waals surface area contributed by atoms with Crippen LogP contribution in [0.2, 0.25) is 0 Å². The third-order valence-electron chi connectivity index (χ3n) is 17.0. The van der Waals surface area contributed by atoms with Crippen LogP contribution in [0.1, 0.15) is 213 Å². The molecule has 0 radical (unpaired) electrons. The van der Waals surface area contributed by atoms with Gasteiger partial charge in [0.15, 0.2) is 34.8 Å². The Morgan fingerprint density at radius 3 is 1.03 bits per heavy atom. The Hall–Kier alpha value is -2.96. The highest BCUT2D eigenvalue weighted by Gasteiger charge is 2.35. The fourth-order valence-corrected chi connectivity index (χ4v) is 12.7. The summed E-state index contributed by atoms with van der Waals surface area (Å²) in [5.41, 5.74) is 2.59. The highest BCUT2D eigenvalue weighted by Crippen LogP contribution is 2.47. The summed E-state index contributed by atoms with van der Waals surface area (Å²) >= 11 is 0. The summed E-state index contributed by atoms with van der Waals surface area (Å²) in [7, 11) is 0. The second kappa shape index (κ2) is 23.0. The van der Waals surface area contributed by atoms with Gasteiger partial charge in [-0.2, -0.15) is 4.39 Å². The Bertz CT molecular complexity index is 1890. The highest BCUT2D eigenvalue weighted by molar-refractivity contribution is 5.34. The van der Waals surface area contributed by atoms with E-state index in [1.54, 1.807) is 50.2 Å². The molecule has 1 nitrogen and oxygen atoms in total. The van der Waals surface area contributed by atoms with Crippen LogP contribution in [0.3, 0.4) is 0 Å². The zero-order chi connectivity index (χ0) is 44.5. The lowest BCUT2D eigenvalue weighted by Crippen LogP contribution is -2.26. The zero-order valence-corrected chi connectivity index (χ0v) is 38.7. The minimum absolute atomic E-state index is 0.0596. The first-order valence-electron chi connectivity index (χ1n) is 25.5. The lowest BCUT2D eigenvalue weighted by atomic mass is 9.67. The molecule has 0 aromatic heterocycles. The number of hydrogen-bond donors (Lipinski definition) is 0. The number of benzene rings is 3. The Labute approximate surface area is 375 Å². The lowest BCUT2D eigenvalue weighted by Gasteiger charge is -2.38. The van der Waals surface area contributed by atoms with Gasteiger partial charge in [0.05, 0.1) is 6.61 Å². The average molecular weight is 879 g/mol. The maximum Gasteiger partial charge on any atom is 0.200 e. The Balaban J connectivity index is 0.000000143. The second-order valence-corrected chi connectivity index (χ2v) is 20.8. The van der Waals surface area contributed by atoms with Crippen LogP contribution in [-0.4, -0.2) is 6.61 Å². The highest BCUT2D eigenvalue weighted by atomic mass is 19.2. The standard InChI is InChI=1S/C21H30F2O.C18H24F2.C17H22F2/c1-2-3-14-24-19-13-12-18(20(22)21(19)23)17-10-8-16(9-11-17)15-6-4-5-7-15;1-12-6-11-16(18(20)17(12)19)15-9-7-14(8-10-15)13-4-2-3-5-13;1-11-5-10-15(17(19)16(11)18)14-8-6-13(7-9-14)12-3-2-4-12/h12-13,15-17H,2-11,14H2,1H3;6,11,13-15H,2-5,7-10H2,1H3;5,10,12-14H,2-4,6-9H2,1H3. The summed E-state index contributed by atoms with van der Waals surface area (Å²) in [6.45, 7) is 5.74. The van der Waals surface area contributed by atoms with Crippen molar-refractivity contribution >= 4 is 0 Å². The van der Waals surface area contributed by atoms with E-state index in [1.807, 2.05) is 6.92 Å². The van der Waals surface area contributed by atoms with Crippen molar-refractivity contribution in [2.24, 2.45) is 35.5 Å². The molecular weight excluding hydrogens is 803 g/mol. The van der Waals surface area contributed by atoms with Crippen molar-refractivity contribution in [3.63, 3.8) is 0 Å². The van der Waals surface area contributed by atoms with Crippen molar-refractivity contribution in [3.05, 3.63) is 99.1 Å². The van der Waals surface area contributed by atoms with Crippen LogP contribution in [0.15, 0.2) is 36.4 Å². The van der Waals surface area contributed by atoms with E-state index in [9.17, 15) is 26.3 Å². The smallest absolute Gasteiger partial charge is 0.200 e. The number of rotatable bonds is 10. The van der Waals surface area contributed by atoms with Crippen molar-refractivity contribution in [2.75, 3.05) is 6.61 Å². The van der Waals surface area contributed by atoms with Crippen molar-refractivity contribution in [1.82, 2.24) is 0 Å². The third kappa shape index (κ3) is 11.9. The van der Waals surface area contributed by atoms with Crippen molar-refractivity contribution in [3.8, 4) is 5.75 Å². The minimum atomic E-state index is -0.804. The Kier molecular flexibility index (Phi) is 17.5. The molecule has 0 aliphatic heterocycles. The largest absolute Gasteiger partial charge is 0.490 e. The third-order valence-corrected chi connectivity index (χ3v) is 17.0. The van der Waals surface area contributed by atoms with E-state index in [0.717, 1.165) is 86.9 Å². The normalized spacial score (nSPS) is 26.9. The molecule has 0 heterocycles. The molecule has 0 N–H and O–H groups in total. The van der Waals surface area contributed by atoms with Crippen molar-refractivity contribution in [2.45, 2.75) is 199 Å². The van der Waals surface area contributed by atoms with Crippen LogP contribution >= 0.6 is 0 Å². The second-order valence-electron chi connectivity index (χ2n) is 20.8. The number of halogens is 6. The SMILES string of the molecule is CCCCOc1ccc(C2CCC(C3CCCC3)CC2)c(F)c1F.Cc1ccc(C2CCC(C3CCC3)CC2)c(F)c1F.Cc1ccc(C2CCC(C3CCCC3)CC2)c(F)c1F. The van der Waals surface area contributed by atoms with E-state index < -0.39 is 34.9 Å². The predicted molar refractivity (Wildman–Crippen MR) is 244 cm³/mol. The molecule has 0 bridgehead atoms. The van der Waals surface area contributed by atoms with E-state index in [2.05, 4.69) is 0 Å². The van der Waals surface area contributed by atoms with Crippen molar-refractivity contribution < 1.29 is 31.1 Å². The molecule has 0 amide bonds. The zero-order valence-electron chi connectivity index (χ0n) is 38.7. The summed E-state index contributed by atoms with van der Waals surface area (Å²) in [6.07, 6.45) is 30.3. The molecule has 63 heavy (non-hydrogen) atoms. The first kappa shape index (κ1) is 48.0. The van der Waals surface area contributed by atoms with Gasteiger partial charge in [-0.3, -0.25) is 0 Å². The molecule has 6 aliphatic rings. The monoisotopic (exact) mass is 879 g/mol. The fourth-order valence-electron chi connectivity index (χ4n) is 12.7. The predicted octanol–water partition coefficient (Wildman–Crippen LogP) is 17.7. The van der Waals surface area contributed by atoms with E-state index >= 15 is 0 Å². The molecule has 0 unspecified atom stereocenters. The van der Waals surface area contributed by atoms with Gasteiger partial charge in [0.2, 0.25) is 5.82 Å². The molecule has 7 heteroatoms. The van der Waals surface area contributed by atoms with Crippen LogP contribution in [0, 0.1) is 84.3 Å². The van der Waals surface area contributed by atoms with Crippen LogP contribution in [0.4, 0.5) is 26.3 Å². The van der Waals surface area contributed by atoms with Gasteiger partial charge in [0, 0.05) is 0 Å². The first-order chi connectivity index (χ1) is 30.5. The Morgan fingerprint density at radius 1 is 0.381 bits per heavy atom. The maximum atomic E-state index is 14.5. The van der Waals surface area contributed by atoms with Gasteiger partial charge in [0.1, 0.15) is 0 Å². The molecule has 9 rings (SSSR count). The first-order valence-corrected chi connectivity index (χ1v) is 25.5. The molecule has 0 spiro atoms. The van der Waals surface area contributed by atoms with E-state index in [-0.39, 0.29) is 23.5 Å². The van der Waals surface area contributed by atoms with Gasteiger partial charge in [-0.15, -0.1) is 0 Å². The van der Waals surface area contributed by atoms with Gasteiger partial charge in [-0.25, -0.2) is 22.0 Å².